The summed E-state index contributed by atoms with van der Waals surface area (Å²) in [5.41, 5.74) is 1.47. The SMILES string of the molecule is CC(C)C(=O)Nc1cccc(NC(=O)C2CC3CC3C2)c1. The van der Waals surface area contributed by atoms with Gasteiger partial charge in [0.2, 0.25) is 11.8 Å². The molecule has 2 unspecified atom stereocenters. The van der Waals surface area contributed by atoms with Gasteiger partial charge in [-0.05, 0) is 49.3 Å². The van der Waals surface area contributed by atoms with Gasteiger partial charge < -0.3 is 10.6 Å². The van der Waals surface area contributed by atoms with Crippen LogP contribution in [-0.2, 0) is 9.59 Å². The van der Waals surface area contributed by atoms with E-state index in [1.54, 1.807) is 0 Å². The molecule has 0 radical (unpaired) electrons. The van der Waals surface area contributed by atoms with Gasteiger partial charge in [0.1, 0.15) is 0 Å². The monoisotopic (exact) mass is 286 g/mol. The van der Waals surface area contributed by atoms with E-state index in [0.29, 0.717) is 0 Å². The van der Waals surface area contributed by atoms with Crippen molar-refractivity contribution in [1.82, 2.24) is 0 Å². The van der Waals surface area contributed by atoms with Crippen LogP contribution in [0.1, 0.15) is 33.1 Å². The van der Waals surface area contributed by atoms with Gasteiger partial charge in [0.25, 0.3) is 0 Å². The van der Waals surface area contributed by atoms with Gasteiger partial charge in [0.05, 0.1) is 0 Å². The molecule has 0 heterocycles. The molecule has 2 N–H and O–H groups in total. The van der Waals surface area contributed by atoms with E-state index in [9.17, 15) is 9.59 Å². The topological polar surface area (TPSA) is 58.2 Å². The van der Waals surface area contributed by atoms with Crippen LogP contribution in [0.3, 0.4) is 0 Å². The van der Waals surface area contributed by atoms with Crippen LogP contribution < -0.4 is 10.6 Å². The number of fused-ring (bicyclic) bond motifs is 1. The summed E-state index contributed by atoms with van der Waals surface area (Å²) in [5.74, 6) is 1.81. The molecule has 2 saturated carbocycles. The number of anilines is 2. The maximum absolute atomic E-state index is 12.2. The van der Waals surface area contributed by atoms with Crippen LogP contribution in [0.4, 0.5) is 11.4 Å². The summed E-state index contributed by atoms with van der Waals surface area (Å²) >= 11 is 0. The Morgan fingerprint density at radius 1 is 1.05 bits per heavy atom. The van der Waals surface area contributed by atoms with Crippen LogP contribution in [0.15, 0.2) is 24.3 Å². The molecule has 2 amide bonds. The highest BCUT2D eigenvalue weighted by molar-refractivity contribution is 5.95. The van der Waals surface area contributed by atoms with Gasteiger partial charge in [0.15, 0.2) is 0 Å². The van der Waals surface area contributed by atoms with Gasteiger partial charge in [0, 0.05) is 23.2 Å². The predicted octanol–water partition coefficient (Wildman–Crippen LogP) is 3.27. The standard InChI is InChI=1S/C17H22N2O2/c1-10(2)16(20)18-14-4-3-5-15(9-14)19-17(21)13-7-11-6-12(11)8-13/h3-5,9-13H,6-8H2,1-2H3,(H,18,20)(H,19,21). The second kappa shape index (κ2) is 5.51. The summed E-state index contributed by atoms with van der Waals surface area (Å²) in [6.07, 6.45) is 3.40. The van der Waals surface area contributed by atoms with Crippen molar-refractivity contribution >= 4 is 23.2 Å². The molecule has 0 aliphatic heterocycles. The van der Waals surface area contributed by atoms with E-state index in [-0.39, 0.29) is 23.7 Å². The fourth-order valence-corrected chi connectivity index (χ4v) is 3.13. The van der Waals surface area contributed by atoms with Crippen molar-refractivity contribution in [2.75, 3.05) is 10.6 Å². The normalized spacial score (nSPS) is 26.3. The molecule has 112 valence electrons. The lowest BCUT2D eigenvalue weighted by molar-refractivity contribution is -0.120. The average Bonchev–Trinajstić information content (AvgIpc) is 3.05. The fraction of sp³-hybridized carbons (Fsp3) is 0.529. The first-order chi connectivity index (χ1) is 10.0. The molecule has 2 fully saturated rings. The van der Waals surface area contributed by atoms with E-state index in [1.807, 2.05) is 38.1 Å². The summed E-state index contributed by atoms with van der Waals surface area (Å²) in [5, 5.41) is 5.83. The van der Waals surface area contributed by atoms with Crippen LogP contribution in [0.5, 0.6) is 0 Å². The molecule has 2 aliphatic carbocycles. The third kappa shape index (κ3) is 3.26. The van der Waals surface area contributed by atoms with Crippen molar-refractivity contribution in [2.45, 2.75) is 33.1 Å². The highest BCUT2D eigenvalue weighted by atomic mass is 16.2. The Balaban J connectivity index is 1.60. The molecule has 0 spiro atoms. The lowest BCUT2D eigenvalue weighted by atomic mass is 10.0. The van der Waals surface area contributed by atoms with Gasteiger partial charge >= 0.3 is 0 Å². The predicted molar refractivity (Wildman–Crippen MR) is 82.9 cm³/mol. The number of hydrogen-bond donors (Lipinski definition) is 2. The Morgan fingerprint density at radius 3 is 2.29 bits per heavy atom. The highest BCUT2D eigenvalue weighted by Crippen LogP contribution is 2.54. The van der Waals surface area contributed by atoms with Crippen molar-refractivity contribution in [1.29, 1.82) is 0 Å². The van der Waals surface area contributed by atoms with Gasteiger partial charge in [-0.3, -0.25) is 9.59 Å². The Hall–Kier alpha value is -1.84. The van der Waals surface area contributed by atoms with E-state index >= 15 is 0 Å². The average molecular weight is 286 g/mol. The molecule has 2 atom stereocenters. The molecule has 1 aromatic carbocycles. The van der Waals surface area contributed by atoms with Crippen molar-refractivity contribution in [3.63, 3.8) is 0 Å². The zero-order valence-electron chi connectivity index (χ0n) is 12.6. The Morgan fingerprint density at radius 2 is 1.67 bits per heavy atom. The van der Waals surface area contributed by atoms with Crippen LogP contribution in [0.2, 0.25) is 0 Å². The Kier molecular flexibility index (Phi) is 3.70. The molecule has 4 nitrogen and oxygen atoms in total. The van der Waals surface area contributed by atoms with Crippen LogP contribution in [-0.4, -0.2) is 11.8 Å². The quantitative estimate of drug-likeness (QED) is 0.892. The zero-order chi connectivity index (χ0) is 15.0. The third-order valence-corrected chi connectivity index (χ3v) is 4.54. The van der Waals surface area contributed by atoms with Crippen LogP contribution in [0, 0.1) is 23.7 Å². The van der Waals surface area contributed by atoms with Crippen molar-refractivity contribution < 1.29 is 9.59 Å². The van der Waals surface area contributed by atoms with E-state index in [4.69, 9.17) is 0 Å². The fourth-order valence-electron chi connectivity index (χ4n) is 3.13. The number of carbonyl (C=O) groups is 2. The smallest absolute Gasteiger partial charge is 0.227 e. The van der Waals surface area contributed by atoms with Crippen LogP contribution >= 0.6 is 0 Å². The number of amides is 2. The number of rotatable bonds is 4. The second-order valence-corrected chi connectivity index (χ2v) is 6.64. The number of benzene rings is 1. The maximum Gasteiger partial charge on any atom is 0.227 e. The van der Waals surface area contributed by atoms with Gasteiger partial charge in [-0.2, -0.15) is 0 Å². The van der Waals surface area contributed by atoms with E-state index in [0.717, 1.165) is 36.1 Å². The molecule has 1 aromatic rings. The molecule has 3 rings (SSSR count). The van der Waals surface area contributed by atoms with E-state index < -0.39 is 0 Å². The van der Waals surface area contributed by atoms with E-state index in [2.05, 4.69) is 10.6 Å². The lowest BCUT2D eigenvalue weighted by Crippen LogP contribution is -2.22. The zero-order valence-corrected chi connectivity index (χ0v) is 12.6. The molecule has 0 bridgehead atoms. The molecule has 0 saturated heterocycles. The van der Waals surface area contributed by atoms with Gasteiger partial charge in [-0.15, -0.1) is 0 Å². The van der Waals surface area contributed by atoms with E-state index in [1.165, 1.54) is 6.42 Å². The molecule has 21 heavy (non-hydrogen) atoms. The molecule has 2 aliphatic rings. The largest absolute Gasteiger partial charge is 0.326 e. The highest BCUT2D eigenvalue weighted by Gasteiger charge is 2.47. The van der Waals surface area contributed by atoms with Crippen molar-refractivity contribution in [2.24, 2.45) is 23.7 Å². The number of hydrogen-bond acceptors (Lipinski definition) is 2. The molecular formula is C17H22N2O2. The first-order valence-electron chi connectivity index (χ1n) is 7.74. The third-order valence-electron chi connectivity index (χ3n) is 4.54. The lowest BCUT2D eigenvalue weighted by Gasteiger charge is -2.13. The van der Waals surface area contributed by atoms with Gasteiger partial charge in [-0.1, -0.05) is 19.9 Å². The van der Waals surface area contributed by atoms with Gasteiger partial charge in [-0.25, -0.2) is 0 Å². The summed E-state index contributed by atoms with van der Waals surface area (Å²) in [6.45, 7) is 3.71. The maximum atomic E-state index is 12.2. The molecular weight excluding hydrogens is 264 g/mol. The Labute approximate surface area is 125 Å². The molecule has 4 heteroatoms. The van der Waals surface area contributed by atoms with Crippen molar-refractivity contribution in [3.8, 4) is 0 Å². The second-order valence-electron chi connectivity index (χ2n) is 6.64. The Bertz CT molecular complexity index is 558. The summed E-state index contributed by atoms with van der Waals surface area (Å²) in [6, 6.07) is 7.35. The summed E-state index contributed by atoms with van der Waals surface area (Å²) in [4.78, 5) is 23.9. The summed E-state index contributed by atoms with van der Waals surface area (Å²) in [7, 11) is 0. The first kappa shape index (κ1) is 14.1. The molecule has 0 aromatic heterocycles. The first-order valence-corrected chi connectivity index (χ1v) is 7.74. The summed E-state index contributed by atoms with van der Waals surface area (Å²) < 4.78 is 0. The number of nitrogens with one attached hydrogen (secondary N) is 2. The minimum absolute atomic E-state index is 0.0191. The van der Waals surface area contributed by atoms with Crippen LogP contribution in [0.25, 0.3) is 0 Å². The minimum atomic E-state index is -0.0616. The van der Waals surface area contributed by atoms with Crippen molar-refractivity contribution in [3.05, 3.63) is 24.3 Å². The minimum Gasteiger partial charge on any atom is -0.326 e. The number of carbonyl (C=O) groups excluding carboxylic acids is 2.